The van der Waals surface area contributed by atoms with Gasteiger partial charge in [-0.3, -0.25) is 9.59 Å². The fourth-order valence-electron chi connectivity index (χ4n) is 5.65. The minimum atomic E-state index is -1.09. The Kier molecular flexibility index (Phi) is 11.2. The maximum Gasteiger partial charge on any atom is 0.313 e. The molecule has 0 aromatic carbocycles. The zero-order valence-electron chi connectivity index (χ0n) is 21.0. The van der Waals surface area contributed by atoms with E-state index in [0.29, 0.717) is 32.1 Å². The molecule has 35 heavy (non-hydrogen) atoms. The Morgan fingerprint density at radius 3 is 2.34 bits per heavy atom. The van der Waals surface area contributed by atoms with Crippen LogP contribution >= 0.6 is 0 Å². The lowest BCUT2D eigenvalue weighted by molar-refractivity contribution is -0.165. The Balaban J connectivity index is 2.18. The molecule has 0 amide bonds. The van der Waals surface area contributed by atoms with Gasteiger partial charge in [0.05, 0.1) is 24.0 Å². The number of hydrogen-bond acceptors (Lipinski definition) is 5. The summed E-state index contributed by atoms with van der Waals surface area (Å²) in [5, 5.41) is 29.2. The van der Waals surface area contributed by atoms with Gasteiger partial charge in [-0.15, -0.1) is 19.7 Å². The smallest absolute Gasteiger partial charge is 0.313 e. The van der Waals surface area contributed by atoms with Crippen molar-refractivity contribution in [3.8, 4) is 0 Å². The van der Waals surface area contributed by atoms with Crippen LogP contribution in [0.1, 0.15) is 64.7 Å². The molecule has 0 radical (unpaired) electrons. The molecule has 0 saturated heterocycles. The van der Waals surface area contributed by atoms with Crippen LogP contribution in [0.5, 0.6) is 0 Å². The van der Waals surface area contributed by atoms with E-state index in [9.17, 15) is 19.8 Å². The van der Waals surface area contributed by atoms with Gasteiger partial charge in [0.25, 0.3) is 0 Å². The fourth-order valence-corrected chi connectivity index (χ4v) is 5.65. The molecule has 0 aliphatic heterocycles. The van der Waals surface area contributed by atoms with Gasteiger partial charge < -0.3 is 20.1 Å². The first-order valence-corrected chi connectivity index (χ1v) is 12.7. The van der Waals surface area contributed by atoms with Crippen molar-refractivity contribution in [2.75, 3.05) is 0 Å². The summed E-state index contributed by atoms with van der Waals surface area (Å²) in [6.45, 7) is 13.6. The quantitative estimate of drug-likeness (QED) is 0.219. The van der Waals surface area contributed by atoms with Gasteiger partial charge in [-0.1, -0.05) is 43.4 Å². The van der Waals surface area contributed by atoms with E-state index >= 15 is 0 Å². The highest BCUT2D eigenvalue weighted by Crippen LogP contribution is 2.45. The average molecular weight is 487 g/mol. The fraction of sp³-hybridized carbons (Fsp3) is 0.586. The molecule has 2 aliphatic rings. The summed E-state index contributed by atoms with van der Waals surface area (Å²) in [6.07, 6.45) is 13.4. The summed E-state index contributed by atoms with van der Waals surface area (Å²) in [5.41, 5.74) is 0.411. The minimum Gasteiger partial charge on any atom is -0.481 e. The van der Waals surface area contributed by atoms with E-state index in [2.05, 4.69) is 44.9 Å². The number of aliphatic hydroxyl groups is 2. The van der Waals surface area contributed by atoms with Gasteiger partial charge in [-0.2, -0.15) is 0 Å². The first kappa shape index (κ1) is 28.8. The van der Waals surface area contributed by atoms with Crippen molar-refractivity contribution in [2.24, 2.45) is 23.2 Å². The predicted octanol–water partition coefficient (Wildman–Crippen LogP) is 5.14. The third-order valence-electron chi connectivity index (χ3n) is 7.43. The number of allylic oxidation sites excluding steroid dienone is 6. The molecule has 0 saturated carbocycles. The van der Waals surface area contributed by atoms with Gasteiger partial charge in [0, 0.05) is 5.92 Å². The van der Waals surface area contributed by atoms with Crippen LogP contribution in [0.4, 0.5) is 0 Å². The third kappa shape index (κ3) is 7.77. The molecule has 2 aliphatic carbocycles. The van der Waals surface area contributed by atoms with Gasteiger partial charge in [0.1, 0.15) is 6.10 Å². The number of carboxylic acid groups (broad SMARTS) is 1. The molecule has 194 valence electrons. The second-order valence-electron chi connectivity index (χ2n) is 10.1. The van der Waals surface area contributed by atoms with Gasteiger partial charge in [-0.25, -0.2) is 0 Å². The van der Waals surface area contributed by atoms with Crippen molar-refractivity contribution in [2.45, 2.75) is 83.0 Å². The summed E-state index contributed by atoms with van der Waals surface area (Å²) >= 11 is 0. The van der Waals surface area contributed by atoms with Crippen molar-refractivity contribution in [3.05, 3.63) is 61.8 Å². The lowest BCUT2D eigenvalue weighted by Crippen LogP contribution is -2.43. The number of aliphatic hydroxyl groups excluding tert-OH is 2. The van der Waals surface area contributed by atoms with E-state index in [4.69, 9.17) is 9.84 Å². The molecule has 0 spiro atoms. The molecule has 0 aromatic rings. The van der Waals surface area contributed by atoms with Crippen molar-refractivity contribution >= 4 is 11.9 Å². The molecule has 6 atom stereocenters. The van der Waals surface area contributed by atoms with Gasteiger partial charge in [0.15, 0.2) is 0 Å². The highest BCUT2D eigenvalue weighted by Gasteiger charge is 2.43. The van der Waals surface area contributed by atoms with Crippen LogP contribution in [-0.4, -0.2) is 45.6 Å². The van der Waals surface area contributed by atoms with Gasteiger partial charge in [0.2, 0.25) is 0 Å². The van der Waals surface area contributed by atoms with Crippen LogP contribution < -0.4 is 0 Å². The first-order chi connectivity index (χ1) is 16.7. The molecule has 3 N–H and O–H groups in total. The Bertz CT molecular complexity index is 798. The van der Waals surface area contributed by atoms with Gasteiger partial charge >= 0.3 is 11.9 Å². The summed E-state index contributed by atoms with van der Waals surface area (Å²) in [4.78, 5) is 24.3. The number of ether oxygens (including phenoxy) is 1. The zero-order chi connectivity index (χ0) is 26.0. The van der Waals surface area contributed by atoms with E-state index < -0.39 is 23.6 Å². The molecule has 2 rings (SSSR count). The van der Waals surface area contributed by atoms with Crippen molar-refractivity contribution in [1.29, 1.82) is 0 Å². The summed E-state index contributed by atoms with van der Waals surface area (Å²) in [7, 11) is 0. The highest BCUT2D eigenvalue weighted by molar-refractivity contribution is 5.78. The van der Waals surface area contributed by atoms with Crippen molar-refractivity contribution in [3.63, 3.8) is 0 Å². The summed E-state index contributed by atoms with van der Waals surface area (Å²) in [5.74, 6) is -0.924. The Hall–Kier alpha value is -2.44. The topological polar surface area (TPSA) is 104 Å². The Morgan fingerprint density at radius 2 is 1.77 bits per heavy atom. The van der Waals surface area contributed by atoms with E-state index in [-0.39, 0.29) is 42.7 Å². The van der Waals surface area contributed by atoms with Crippen LogP contribution in [0.15, 0.2) is 61.8 Å². The second kappa shape index (κ2) is 13.6. The summed E-state index contributed by atoms with van der Waals surface area (Å²) < 4.78 is 6.25. The Labute approximate surface area is 209 Å². The number of hydrogen-bond donors (Lipinski definition) is 3. The average Bonchev–Trinajstić information content (AvgIpc) is 2.78. The number of carboxylic acids is 1. The number of aliphatic carboxylic acids is 1. The minimum absolute atomic E-state index is 0.0257. The summed E-state index contributed by atoms with van der Waals surface area (Å²) in [6, 6.07) is 0. The lowest BCUT2D eigenvalue weighted by Gasteiger charge is -2.43. The zero-order valence-corrected chi connectivity index (χ0v) is 21.0. The first-order valence-electron chi connectivity index (χ1n) is 12.7. The van der Waals surface area contributed by atoms with Crippen molar-refractivity contribution < 1.29 is 29.6 Å². The maximum absolute atomic E-state index is 13.5. The van der Waals surface area contributed by atoms with Crippen LogP contribution in [0.25, 0.3) is 0 Å². The number of esters is 1. The third-order valence-corrected chi connectivity index (χ3v) is 7.43. The van der Waals surface area contributed by atoms with E-state index in [1.54, 1.807) is 18.2 Å². The van der Waals surface area contributed by atoms with Crippen molar-refractivity contribution in [1.82, 2.24) is 0 Å². The molecule has 0 fully saturated rings. The number of fused-ring (bicyclic) bond motifs is 1. The van der Waals surface area contributed by atoms with Crippen LogP contribution in [0.3, 0.4) is 0 Å². The monoisotopic (exact) mass is 486 g/mol. The molecule has 6 nitrogen and oxygen atoms in total. The molecule has 0 heterocycles. The molecular weight excluding hydrogens is 444 g/mol. The standard InChI is InChI=1S/C29H42O6/c1-5-15-29(16-6-2,17-7-3)28(34)35-25-10-8-9-21-12-11-20(4)24(27(21)25)14-13-22(30)18-23(31)19-26(32)33/h5-7,9,11-12,20,22-25,27,30-31H,1-3,8,10,13-19H2,4H3,(H,32,33). The SMILES string of the molecule is C=CCC(CC=C)(CC=C)C(=O)OC1CCC=C2C=CC(C)C(CCC(O)CC(O)CC(=O)O)C21. The molecular formula is C29H42O6. The second-order valence-corrected chi connectivity index (χ2v) is 10.1. The van der Waals surface area contributed by atoms with E-state index in [1.165, 1.54) is 5.57 Å². The lowest BCUT2D eigenvalue weighted by atomic mass is 9.66. The van der Waals surface area contributed by atoms with E-state index in [1.807, 2.05) is 0 Å². The number of rotatable bonds is 15. The number of carbonyl (C=O) groups excluding carboxylic acids is 1. The van der Waals surface area contributed by atoms with E-state index in [0.717, 1.165) is 12.8 Å². The maximum atomic E-state index is 13.5. The molecule has 0 aromatic heterocycles. The normalized spacial score (nSPS) is 25.5. The molecule has 6 unspecified atom stereocenters. The largest absolute Gasteiger partial charge is 0.481 e. The van der Waals surface area contributed by atoms with Gasteiger partial charge in [-0.05, 0) is 68.8 Å². The van der Waals surface area contributed by atoms with Crippen LogP contribution in [0.2, 0.25) is 0 Å². The highest BCUT2D eigenvalue weighted by atomic mass is 16.5. The molecule has 6 heteroatoms. The predicted molar refractivity (Wildman–Crippen MR) is 137 cm³/mol. The number of carbonyl (C=O) groups is 2. The van der Waals surface area contributed by atoms with Crippen LogP contribution in [0, 0.1) is 23.2 Å². The van der Waals surface area contributed by atoms with Crippen LogP contribution in [-0.2, 0) is 14.3 Å². The molecule has 0 bridgehead atoms. The Morgan fingerprint density at radius 1 is 1.14 bits per heavy atom.